The van der Waals surface area contributed by atoms with Gasteiger partial charge in [0.05, 0.1) is 22.5 Å². The normalized spacial score (nSPS) is 11.1. The number of fused-ring (bicyclic) bond motifs is 1. The molecule has 1 heterocycles. The molecule has 1 aromatic carbocycles. The van der Waals surface area contributed by atoms with Crippen LogP contribution in [0.4, 0.5) is 18.9 Å². The van der Waals surface area contributed by atoms with Crippen LogP contribution in [0.25, 0.3) is 10.9 Å². The van der Waals surface area contributed by atoms with Crippen LogP contribution < -0.4 is 11.2 Å². The lowest BCUT2D eigenvalue weighted by atomic mass is 10.1. The SMILES string of the molecule is Nc1c(F)c(Cl)c2c(=O)ccn(CCF)c2c1F. The number of nitrogens with two attached hydrogens (primary N) is 1. The Labute approximate surface area is 105 Å². The van der Waals surface area contributed by atoms with Crippen molar-refractivity contribution in [1.82, 2.24) is 4.57 Å². The summed E-state index contributed by atoms with van der Waals surface area (Å²) in [4.78, 5) is 11.6. The van der Waals surface area contributed by atoms with Gasteiger partial charge in [-0.3, -0.25) is 4.79 Å². The summed E-state index contributed by atoms with van der Waals surface area (Å²) < 4.78 is 40.9. The predicted octanol–water partition coefficient (Wildman–Crippen LogP) is 2.48. The fraction of sp³-hybridized carbons (Fsp3) is 0.182. The third-order valence-corrected chi connectivity index (χ3v) is 2.95. The van der Waals surface area contributed by atoms with E-state index in [2.05, 4.69) is 0 Å². The molecule has 3 nitrogen and oxygen atoms in total. The maximum absolute atomic E-state index is 13.9. The Morgan fingerprint density at radius 3 is 2.61 bits per heavy atom. The van der Waals surface area contributed by atoms with Crippen molar-refractivity contribution in [2.24, 2.45) is 0 Å². The molecule has 96 valence electrons. The lowest BCUT2D eigenvalue weighted by Gasteiger charge is -2.12. The molecule has 0 aliphatic heterocycles. The van der Waals surface area contributed by atoms with Crippen molar-refractivity contribution < 1.29 is 13.2 Å². The Kier molecular flexibility index (Phi) is 3.21. The maximum atomic E-state index is 13.9. The van der Waals surface area contributed by atoms with Gasteiger partial charge in [-0.2, -0.15) is 0 Å². The molecule has 0 spiro atoms. The molecule has 0 atom stereocenters. The number of alkyl halides is 1. The molecule has 2 rings (SSSR count). The molecule has 18 heavy (non-hydrogen) atoms. The first-order valence-corrected chi connectivity index (χ1v) is 5.38. The Morgan fingerprint density at radius 1 is 1.33 bits per heavy atom. The highest BCUT2D eigenvalue weighted by Crippen LogP contribution is 2.31. The number of aromatic nitrogens is 1. The van der Waals surface area contributed by atoms with Crippen LogP contribution in [0, 0.1) is 11.6 Å². The number of anilines is 1. The molecule has 0 radical (unpaired) electrons. The topological polar surface area (TPSA) is 48.0 Å². The van der Waals surface area contributed by atoms with E-state index in [0.29, 0.717) is 0 Å². The minimum Gasteiger partial charge on any atom is -0.394 e. The Bertz CT molecular complexity index is 684. The number of nitrogens with zero attached hydrogens (tertiary/aromatic N) is 1. The van der Waals surface area contributed by atoms with Gasteiger partial charge in [0.1, 0.15) is 12.4 Å². The van der Waals surface area contributed by atoms with Gasteiger partial charge in [-0.1, -0.05) is 11.6 Å². The number of hydrogen-bond acceptors (Lipinski definition) is 2. The summed E-state index contributed by atoms with van der Waals surface area (Å²) in [6.07, 6.45) is 1.21. The number of rotatable bonds is 2. The largest absolute Gasteiger partial charge is 0.394 e. The minimum absolute atomic E-state index is 0.185. The third-order valence-electron chi connectivity index (χ3n) is 2.59. The number of aryl methyl sites for hydroxylation is 1. The Hall–Kier alpha value is -1.69. The van der Waals surface area contributed by atoms with Crippen LogP contribution in [0.15, 0.2) is 17.1 Å². The van der Waals surface area contributed by atoms with Gasteiger partial charge in [-0.25, -0.2) is 13.2 Å². The van der Waals surface area contributed by atoms with Gasteiger partial charge in [0, 0.05) is 12.3 Å². The number of pyridine rings is 1. The number of nitrogen functional groups attached to an aromatic ring is 1. The van der Waals surface area contributed by atoms with Gasteiger partial charge in [0.15, 0.2) is 17.1 Å². The highest BCUT2D eigenvalue weighted by atomic mass is 35.5. The summed E-state index contributed by atoms with van der Waals surface area (Å²) in [5.74, 6) is -2.30. The molecular weight excluding hydrogens is 269 g/mol. The van der Waals surface area contributed by atoms with Gasteiger partial charge in [0.2, 0.25) is 0 Å². The molecule has 0 saturated carbocycles. The van der Waals surface area contributed by atoms with Crippen molar-refractivity contribution in [3.8, 4) is 0 Å². The van der Waals surface area contributed by atoms with Crippen LogP contribution in [0.3, 0.4) is 0 Å². The third kappa shape index (κ3) is 1.73. The van der Waals surface area contributed by atoms with Crippen molar-refractivity contribution in [2.45, 2.75) is 6.54 Å². The summed E-state index contributed by atoms with van der Waals surface area (Å²) in [5, 5.41) is -0.890. The highest BCUT2D eigenvalue weighted by Gasteiger charge is 2.20. The van der Waals surface area contributed by atoms with Gasteiger partial charge >= 0.3 is 0 Å². The quantitative estimate of drug-likeness (QED) is 0.677. The molecule has 0 fully saturated rings. The lowest BCUT2D eigenvalue weighted by Crippen LogP contribution is -2.13. The molecule has 7 heteroatoms. The highest BCUT2D eigenvalue weighted by molar-refractivity contribution is 6.35. The van der Waals surface area contributed by atoms with Gasteiger partial charge < -0.3 is 10.3 Å². The fourth-order valence-corrected chi connectivity index (χ4v) is 2.04. The van der Waals surface area contributed by atoms with E-state index in [1.54, 1.807) is 0 Å². The number of halogens is 4. The van der Waals surface area contributed by atoms with E-state index in [4.69, 9.17) is 17.3 Å². The molecular formula is C11H8ClF3N2O. The first-order chi connectivity index (χ1) is 8.49. The van der Waals surface area contributed by atoms with Crippen LogP contribution in [-0.4, -0.2) is 11.2 Å². The molecule has 0 bridgehead atoms. The standard InChI is InChI=1S/C11H8ClF3N2O/c12-7-6-5(18)1-3-17(4-2-13)11(6)9(15)10(16)8(7)14/h1,3H,2,4,16H2. The van der Waals surface area contributed by atoms with Crippen LogP contribution in [0.5, 0.6) is 0 Å². The van der Waals surface area contributed by atoms with Crippen LogP contribution in [0.1, 0.15) is 0 Å². The zero-order valence-corrected chi connectivity index (χ0v) is 9.77. The average Bonchev–Trinajstić information content (AvgIpc) is 2.35. The van der Waals surface area contributed by atoms with Crippen molar-refractivity contribution in [3.05, 3.63) is 39.1 Å². The van der Waals surface area contributed by atoms with Crippen molar-refractivity contribution >= 4 is 28.2 Å². The molecule has 0 aliphatic carbocycles. The summed E-state index contributed by atoms with van der Waals surface area (Å²) in [6, 6.07) is 1.07. The van der Waals surface area contributed by atoms with Crippen LogP contribution >= 0.6 is 11.6 Å². The summed E-state index contributed by atoms with van der Waals surface area (Å²) in [5.41, 5.74) is 3.50. The summed E-state index contributed by atoms with van der Waals surface area (Å²) >= 11 is 5.65. The van der Waals surface area contributed by atoms with Crippen molar-refractivity contribution in [1.29, 1.82) is 0 Å². The van der Waals surface area contributed by atoms with E-state index in [0.717, 1.165) is 10.6 Å². The van der Waals surface area contributed by atoms with E-state index in [9.17, 15) is 18.0 Å². The molecule has 0 aliphatic rings. The zero-order valence-electron chi connectivity index (χ0n) is 9.01. The number of benzene rings is 1. The monoisotopic (exact) mass is 276 g/mol. The smallest absolute Gasteiger partial charge is 0.191 e. The molecule has 0 saturated heterocycles. The van der Waals surface area contributed by atoms with Gasteiger partial charge in [-0.05, 0) is 0 Å². The molecule has 2 N–H and O–H groups in total. The Balaban J connectivity index is 3.03. The minimum atomic E-state index is -1.18. The van der Waals surface area contributed by atoms with Gasteiger partial charge in [-0.15, -0.1) is 0 Å². The maximum Gasteiger partial charge on any atom is 0.191 e. The second-order valence-electron chi connectivity index (χ2n) is 3.64. The van der Waals surface area contributed by atoms with Crippen LogP contribution in [0.2, 0.25) is 5.02 Å². The zero-order chi connectivity index (χ0) is 13.4. The predicted molar refractivity (Wildman–Crippen MR) is 63.5 cm³/mol. The average molecular weight is 277 g/mol. The second-order valence-corrected chi connectivity index (χ2v) is 4.02. The first-order valence-electron chi connectivity index (χ1n) is 5.00. The number of hydrogen-bond donors (Lipinski definition) is 1. The summed E-state index contributed by atoms with van der Waals surface area (Å²) in [6.45, 7) is -0.957. The Morgan fingerprint density at radius 2 is 2.00 bits per heavy atom. The van der Waals surface area contributed by atoms with E-state index in [1.807, 2.05) is 0 Å². The van der Waals surface area contributed by atoms with E-state index in [-0.39, 0.29) is 17.4 Å². The molecule has 0 unspecified atom stereocenters. The van der Waals surface area contributed by atoms with Gasteiger partial charge in [0.25, 0.3) is 0 Å². The molecule has 0 amide bonds. The van der Waals surface area contributed by atoms with E-state index in [1.165, 1.54) is 6.20 Å². The lowest BCUT2D eigenvalue weighted by molar-refractivity contribution is 0.448. The van der Waals surface area contributed by atoms with E-state index < -0.39 is 34.4 Å². The second kappa shape index (κ2) is 4.53. The summed E-state index contributed by atoms with van der Waals surface area (Å²) in [7, 11) is 0. The van der Waals surface area contributed by atoms with Crippen molar-refractivity contribution in [2.75, 3.05) is 12.4 Å². The molecule has 1 aromatic heterocycles. The first kappa shape index (κ1) is 12.8. The van der Waals surface area contributed by atoms with Crippen molar-refractivity contribution in [3.63, 3.8) is 0 Å². The van der Waals surface area contributed by atoms with E-state index >= 15 is 0 Å². The van der Waals surface area contributed by atoms with Crippen LogP contribution in [-0.2, 0) is 6.54 Å². The molecule has 2 aromatic rings. The fourth-order valence-electron chi connectivity index (χ4n) is 1.75.